The number of hydrogen-bond donors (Lipinski definition) is 5. The number of rotatable bonds is 6. The number of ether oxygens (including phenoxy) is 1. The molecule has 14 heavy (non-hydrogen) atoms. The fraction of sp³-hybridized carbons (Fsp3) is 1.00. The van der Waals surface area contributed by atoms with E-state index in [9.17, 15) is 0 Å². The van der Waals surface area contributed by atoms with Gasteiger partial charge in [-0.2, -0.15) is 24.5 Å². The number of methoxy groups -OCH3 is 1. The first-order chi connectivity index (χ1) is 6.16. The SMILES string of the molecule is COC(C)CO[P+](O)(O)O[P+](O)(O)O. The zero-order valence-electron chi connectivity index (χ0n) is 7.64. The molecule has 0 aliphatic heterocycles. The van der Waals surface area contributed by atoms with Crippen LogP contribution >= 0.6 is 16.3 Å². The highest BCUT2D eigenvalue weighted by atomic mass is 31.3. The minimum Gasteiger partial charge on any atom is -0.379 e. The van der Waals surface area contributed by atoms with Crippen LogP contribution in [-0.2, 0) is 13.6 Å². The van der Waals surface area contributed by atoms with Gasteiger partial charge in [0.05, 0.1) is 10.4 Å². The minimum atomic E-state index is -4.72. The largest absolute Gasteiger partial charge is 0.620 e. The summed E-state index contributed by atoms with van der Waals surface area (Å²) in [7, 11) is -7.75. The molecule has 0 spiro atoms. The molecule has 0 aromatic heterocycles. The predicted molar refractivity (Wildman–Crippen MR) is 48.4 cm³/mol. The van der Waals surface area contributed by atoms with Crippen molar-refractivity contribution < 1.29 is 38.0 Å². The minimum absolute atomic E-state index is 0.225. The van der Waals surface area contributed by atoms with E-state index in [1.54, 1.807) is 6.92 Å². The Hall–Kier alpha value is 0.540. The maximum atomic E-state index is 8.91. The molecule has 0 aromatic carbocycles. The van der Waals surface area contributed by atoms with Crippen molar-refractivity contribution >= 4 is 16.3 Å². The standard InChI is InChI=1S/C4H14O8P2/c1-4(10-2)3-11-14(8,9)12-13(5,6)7/h4-9H,3H2,1-2H3/q+2. The summed E-state index contributed by atoms with van der Waals surface area (Å²) in [6.07, 6.45) is -0.430. The molecule has 0 fully saturated rings. The molecule has 0 heterocycles. The van der Waals surface area contributed by atoms with Gasteiger partial charge < -0.3 is 4.74 Å². The average molecular weight is 252 g/mol. The van der Waals surface area contributed by atoms with Gasteiger partial charge in [0.15, 0.2) is 0 Å². The first-order valence-electron chi connectivity index (χ1n) is 3.47. The van der Waals surface area contributed by atoms with Gasteiger partial charge in [-0.15, -0.1) is 4.52 Å². The second-order valence-corrected chi connectivity index (χ2v) is 5.35. The Morgan fingerprint density at radius 3 is 2.00 bits per heavy atom. The molecule has 0 saturated heterocycles. The summed E-state index contributed by atoms with van der Waals surface area (Å²) in [5, 5.41) is 0. The Labute approximate surface area is 82.0 Å². The van der Waals surface area contributed by atoms with E-state index in [2.05, 4.69) is 8.83 Å². The van der Waals surface area contributed by atoms with Crippen LogP contribution in [0.1, 0.15) is 6.92 Å². The Morgan fingerprint density at radius 1 is 1.14 bits per heavy atom. The molecule has 0 radical (unpaired) electrons. The van der Waals surface area contributed by atoms with Crippen LogP contribution in [0.15, 0.2) is 0 Å². The maximum absolute atomic E-state index is 8.91. The molecule has 0 aliphatic carbocycles. The number of hydrogen-bond acceptors (Lipinski definition) is 8. The first kappa shape index (κ1) is 14.5. The lowest BCUT2D eigenvalue weighted by atomic mass is 10.4. The summed E-state index contributed by atoms with van der Waals surface area (Å²) >= 11 is 0. The smallest absolute Gasteiger partial charge is 0.379 e. The van der Waals surface area contributed by atoms with Gasteiger partial charge in [0, 0.05) is 7.11 Å². The lowest BCUT2D eigenvalue weighted by Gasteiger charge is -2.10. The van der Waals surface area contributed by atoms with Crippen molar-refractivity contribution in [1.82, 2.24) is 0 Å². The van der Waals surface area contributed by atoms with Crippen LogP contribution in [0.3, 0.4) is 0 Å². The quantitative estimate of drug-likeness (QED) is 0.395. The van der Waals surface area contributed by atoms with Crippen molar-refractivity contribution in [2.45, 2.75) is 13.0 Å². The normalized spacial score (nSPS) is 15.6. The van der Waals surface area contributed by atoms with Gasteiger partial charge in [-0.3, -0.25) is 0 Å². The fourth-order valence-corrected chi connectivity index (χ4v) is 2.17. The molecule has 0 saturated carbocycles. The summed E-state index contributed by atoms with van der Waals surface area (Å²) in [5.74, 6) is 0. The van der Waals surface area contributed by atoms with E-state index < -0.39 is 22.4 Å². The molecular formula is C4H14O8P2+2. The average Bonchev–Trinajstić information content (AvgIpc) is 1.96. The molecule has 1 atom stereocenters. The maximum Gasteiger partial charge on any atom is 0.620 e. The van der Waals surface area contributed by atoms with E-state index >= 15 is 0 Å². The van der Waals surface area contributed by atoms with E-state index in [-0.39, 0.29) is 6.61 Å². The van der Waals surface area contributed by atoms with Crippen LogP contribution in [-0.4, -0.2) is 44.3 Å². The van der Waals surface area contributed by atoms with E-state index in [0.717, 1.165) is 0 Å². The Kier molecular flexibility index (Phi) is 5.79. The van der Waals surface area contributed by atoms with E-state index in [1.165, 1.54) is 7.11 Å². The molecule has 8 nitrogen and oxygen atoms in total. The van der Waals surface area contributed by atoms with Crippen molar-refractivity contribution in [3.8, 4) is 0 Å². The van der Waals surface area contributed by atoms with Crippen molar-refractivity contribution in [2.75, 3.05) is 13.7 Å². The van der Waals surface area contributed by atoms with Crippen LogP contribution in [0.4, 0.5) is 0 Å². The van der Waals surface area contributed by atoms with Gasteiger partial charge in [-0.25, -0.2) is 0 Å². The highest BCUT2D eigenvalue weighted by Crippen LogP contribution is 2.67. The Morgan fingerprint density at radius 2 is 1.64 bits per heavy atom. The van der Waals surface area contributed by atoms with Crippen LogP contribution in [0.2, 0.25) is 0 Å². The molecule has 0 bridgehead atoms. The highest BCUT2D eigenvalue weighted by Gasteiger charge is 2.58. The third kappa shape index (κ3) is 7.90. The van der Waals surface area contributed by atoms with E-state index in [0.29, 0.717) is 0 Å². The monoisotopic (exact) mass is 252 g/mol. The zero-order valence-corrected chi connectivity index (χ0v) is 9.43. The molecule has 0 aromatic rings. The summed E-state index contributed by atoms with van der Waals surface area (Å²) < 4.78 is 12.8. The third-order valence-corrected chi connectivity index (χ3v) is 3.31. The molecule has 5 N–H and O–H groups in total. The van der Waals surface area contributed by atoms with Crippen LogP contribution in [0.5, 0.6) is 0 Å². The van der Waals surface area contributed by atoms with Crippen LogP contribution in [0.25, 0.3) is 0 Å². The van der Waals surface area contributed by atoms with Crippen molar-refractivity contribution in [3.63, 3.8) is 0 Å². The second kappa shape index (κ2) is 5.58. The highest BCUT2D eigenvalue weighted by molar-refractivity contribution is 7.67. The Bertz CT molecular complexity index is 167. The van der Waals surface area contributed by atoms with E-state index in [4.69, 9.17) is 29.2 Å². The third-order valence-electron chi connectivity index (χ3n) is 1.10. The fourth-order valence-electron chi connectivity index (χ4n) is 0.436. The summed E-state index contributed by atoms with van der Waals surface area (Å²) in [6, 6.07) is 0. The van der Waals surface area contributed by atoms with Gasteiger partial charge in [-0.1, -0.05) is 0 Å². The topological polar surface area (TPSA) is 129 Å². The van der Waals surface area contributed by atoms with Crippen LogP contribution < -0.4 is 0 Å². The molecule has 0 aliphatic rings. The summed E-state index contributed by atoms with van der Waals surface area (Å²) in [6.45, 7) is 1.36. The molecule has 0 rings (SSSR count). The van der Waals surface area contributed by atoms with Crippen molar-refractivity contribution in [3.05, 3.63) is 0 Å². The van der Waals surface area contributed by atoms with Crippen molar-refractivity contribution in [2.24, 2.45) is 0 Å². The molecule has 10 heteroatoms. The summed E-state index contributed by atoms with van der Waals surface area (Å²) in [4.78, 5) is 42.9. The van der Waals surface area contributed by atoms with Gasteiger partial charge >= 0.3 is 16.3 Å². The van der Waals surface area contributed by atoms with Gasteiger partial charge in [0.25, 0.3) is 0 Å². The lowest BCUT2D eigenvalue weighted by Crippen LogP contribution is -2.15. The second-order valence-electron chi connectivity index (χ2n) is 2.43. The molecule has 0 amide bonds. The first-order valence-corrected chi connectivity index (χ1v) is 6.56. The van der Waals surface area contributed by atoms with Crippen molar-refractivity contribution in [1.29, 1.82) is 0 Å². The Balaban J connectivity index is 3.95. The van der Waals surface area contributed by atoms with Crippen LogP contribution in [0, 0.1) is 0 Å². The predicted octanol–water partition coefficient (Wildman–Crippen LogP) is -0.629. The van der Waals surface area contributed by atoms with Gasteiger partial charge in [0.2, 0.25) is 0 Å². The molecule has 86 valence electrons. The summed E-state index contributed by atoms with van der Waals surface area (Å²) in [5.41, 5.74) is 0. The van der Waals surface area contributed by atoms with E-state index in [1.807, 2.05) is 0 Å². The molecule has 1 unspecified atom stereocenters. The molecular weight excluding hydrogens is 238 g/mol. The lowest BCUT2D eigenvalue weighted by molar-refractivity contribution is 0.0461. The van der Waals surface area contributed by atoms with Gasteiger partial charge in [-0.05, 0) is 6.92 Å². The zero-order chi connectivity index (χ0) is 11.4. The van der Waals surface area contributed by atoms with Gasteiger partial charge in [0.1, 0.15) is 6.61 Å².